The fourth-order valence-corrected chi connectivity index (χ4v) is 3.68. The Morgan fingerprint density at radius 2 is 2.05 bits per heavy atom. The standard InChI is InChI=1S/C16H19N5/c1-21-12-5-4-6-13(21)10-11(9-12)14-7-2-3-8-15(14)16-17-19-20-18-16/h2-3,7-9,12-13H,4-6,10H2,1H3,(H,17,18,19,20). The molecule has 1 aromatic heterocycles. The molecule has 2 aliphatic rings. The number of piperidine rings is 1. The molecule has 0 saturated carbocycles. The van der Waals surface area contributed by atoms with Crippen molar-refractivity contribution in [3.63, 3.8) is 0 Å². The first kappa shape index (κ1) is 12.7. The summed E-state index contributed by atoms with van der Waals surface area (Å²) < 4.78 is 0. The molecule has 5 nitrogen and oxygen atoms in total. The highest BCUT2D eigenvalue weighted by molar-refractivity contribution is 5.79. The zero-order valence-corrected chi connectivity index (χ0v) is 12.2. The molecule has 2 unspecified atom stereocenters. The van der Waals surface area contributed by atoms with E-state index in [0.717, 1.165) is 12.0 Å². The van der Waals surface area contributed by atoms with Crippen LogP contribution < -0.4 is 0 Å². The zero-order valence-electron chi connectivity index (χ0n) is 12.2. The Balaban J connectivity index is 1.78. The Morgan fingerprint density at radius 3 is 2.81 bits per heavy atom. The van der Waals surface area contributed by atoms with Gasteiger partial charge >= 0.3 is 0 Å². The first-order chi connectivity index (χ1) is 10.3. The number of nitrogens with zero attached hydrogens (tertiary/aromatic N) is 4. The van der Waals surface area contributed by atoms with E-state index in [1.54, 1.807) is 0 Å². The summed E-state index contributed by atoms with van der Waals surface area (Å²) in [6, 6.07) is 9.63. The van der Waals surface area contributed by atoms with E-state index in [-0.39, 0.29) is 0 Å². The number of hydrogen-bond donors (Lipinski definition) is 1. The normalized spacial score (nSPS) is 25.7. The number of aromatic amines is 1. The van der Waals surface area contributed by atoms with Gasteiger partial charge in [-0.15, -0.1) is 10.2 Å². The average molecular weight is 281 g/mol. The predicted molar refractivity (Wildman–Crippen MR) is 81.4 cm³/mol. The summed E-state index contributed by atoms with van der Waals surface area (Å²) in [7, 11) is 2.26. The molecule has 2 atom stereocenters. The number of hydrogen-bond acceptors (Lipinski definition) is 4. The van der Waals surface area contributed by atoms with Gasteiger partial charge in [0.25, 0.3) is 0 Å². The molecule has 21 heavy (non-hydrogen) atoms. The Bertz CT molecular complexity index is 661. The van der Waals surface area contributed by atoms with Crippen LogP contribution in [0, 0.1) is 0 Å². The number of likely N-dealkylation sites (N-methyl/N-ethyl adjacent to an activating group) is 1. The van der Waals surface area contributed by atoms with Gasteiger partial charge in [-0.1, -0.05) is 36.8 Å². The quantitative estimate of drug-likeness (QED) is 0.919. The highest BCUT2D eigenvalue weighted by Crippen LogP contribution is 2.38. The number of rotatable bonds is 2. The maximum atomic E-state index is 4.14. The third kappa shape index (κ3) is 2.17. The Morgan fingerprint density at radius 1 is 1.19 bits per heavy atom. The Labute approximate surface area is 124 Å². The van der Waals surface area contributed by atoms with Crippen LogP contribution >= 0.6 is 0 Å². The largest absolute Gasteiger partial charge is 0.297 e. The van der Waals surface area contributed by atoms with Crippen LogP contribution in [0.15, 0.2) is 30.3 Å². The number of tetrazole rings is 1. The maximum Gasteiger partial charge on any atom is 0.205 e. The van der Waals surface area contributed by atoms with Gasteiger partial charge in [-0.05, 0) is 42.7 Å². The van der Waals surface area contributed by atoms with Crippen LogP contribution in [0.25, 0.3) is 17.0 Å². The molecule has 1 fully saturated rings. The van der Waals surface area contributed by atoms with Crippen molar-refractivity contribution < 1.29 is 0 Å². The molecule has 2 aliphatic heterocycles. The first-order valence-electron chi connectivity index (χ1n) is 7.59. The Hall–Kier alpha value is -2.01. The van der Waals surface area contributed by atoms with Gasteiger partial charge in [0.05, 0.1) is 0 Å². The van der Waals surface area contributed by atoms with Crippen LogP contribution in [-0.2, 0) is 0 Å². The molecular weight excluding hydrogens is 262 g/mol. The lowest BCUT2D eigenvalue weighted by atomic mass is 9.82. The smallest absolute Gasteiger partial charge is 0.205 e. The second kappa shape index (κ2) is 5.07. The van der Waals surface area contributed by atoms with Crippen LogP contribution in [0.1, 0.15) is 31.2 Å². The molecule has 3 heterocycles. The number of fused-ring (bicyclic) bond motifs is 2. The van der Waals surface area contributed by atoms with E-state index in [1.807, 2.05) is 6.07 Å². The summed E-state index contributed by atoms with van der Waals surface area (Å²) in [4.78, 5) is 2.53. The maximum absolute atomic E-state index is 4.14. The zero-order chi connectivity index (χ0) is 14.2. The van der Waals surface area contributed by atoms with Crippen LogP contribution in [0.2, 0.25) is 0 Å². The van der Waals surface area contributed by atoms with Crippen LogP contribution in [0.3, 0.4) is 0 Å². The topological polar surface area (TPSA) is 57.7 Å². The summed E-state index contributed by atoms with van der Waals surface area (Å²) in [6.07, 6.45) is 7.46. The highest BCUT2D eigenvalue weighted by atomic mass is 15.5. The van der Waals surface area contributed by atoms with Gasteiger partial charge in [-0.3, -0.25) is 4.90 Å². The van der Waals surface area contributed by atoms with Gasteiger partial charge in [-0.2, -0.15) is 5.21 Å². The lowest BCUT2D eigenvalue weighted by Crippen LogP contribution is -2.45. The van der Waals surface area contributed by atoms with Crippen molar-refractivity contribution in [2.24, 2.45) is 0 Å². The van der Waals surface area contributed by atoms with E-state index < -0.39 is 0 Å². The van der Waals surface area contributed by atoms with Crippen molar-refractivity contribution in [2.45, 2.75) is 37.8 Å². The van der Waals surface area contributed by atoms with E-state index in [0.29, 0.717) is 17.9 Å². The fraction of sp³-hybridized carbons (Fsp3) is 0.438. The molecule has 0 aliphatic carbocycles. The lowest BCUT2D eigenvalue weighted by Gasteiger charge is -2.43. The molecule has 0 spiro atoms. The van der Waals surface area contributed by atoms with Crippen molar-refractivity contribution in [1.29, 1.82) is 0 Å². The molecule has 5 heteroatoms. The van der Waals surface area contributed by atoms with Gasteiger partial charge in [0.2, 0.25) is 5.82 Å². The average Bonchev–Trinajstić information content (AvgIpc) is 3.01. The molecular formula is C16H19N5. The summed E-state index contributed by atoms with van der Waals surface area (Å²) in [5.41, 5.74) is 3.76. The molecule has 2 aromatic rings. The highest BCUT2D eigenvalue weighted by Gasteiger charge is 2.32. The minimum Gasteiger partial charge on any atom is -0.297 e. The number of H-pyrrole nitrogens is 1. The first-order valence-corrected chi connectivity index (χ1v) is 7.59. The molecule has 1 N–H and O–H groups in total. The van der Waals surface area contributed by atoms with Crippen LogP contribution in [0.4, 0.5) is 0 Å². The molecule has 2 bridgehead atoms. The van der Waals surface area contributed by atoms with Crippen molar-refractivity contribution in [3.05, 3.63) is 35.9 Å². The molecule has 108 valence electrons. The molecule has 4 rings (SSSR count). The summed E-state index contributed by atoms with van der Waals surface area (Å²) in [6.45, 7) is 0. The molecule has 0 radical (unpaired) electrons. The minimum atomic E-state index is 0.575. The summed E-state index contributed by atoms with van der Waals surface area (Å²) >= 11 is 0. The number of nitrogens with one attached hydrogen (secondary N) is 1. The number of benzene rings is 1. The van der Waals surface area contributed by atoms with Crippen LogP contribution in [0.5, 0.6) is 0 Å². The van der Waals surface area contributed by atoms with E-state index in [1.165, 1.54) is 30.4 Å². The van der Waals surface area contributed by atoms with Crippen molar-refractivity contribution in [1.82, 2.24) is 25.5 Å². The van der Waals surface area contributed by atoms with E-state index in [2.05, 4.69) is 56.8 Å². The second-order valence-corrected chi connectivity index (χ2v) is 5.99. The summed E-state index contributed by atoms with van der Waals surface area (Å²) in [5.74, 6) is 0.676. The van der Waals surface area contributed by atoms with Gasteiger partial charge in [-0.25, -0.2) is 0 Å². The second-order valence-electron chi connectivity index (χ2n) is 5.99. The van der Waals surface area contributed by atoms with Crippen LogP contribution in [-0.4, -0.2) is 44.7 Å². The van der Waals surface area contributed by atoms with Gasteiger partial charge in [0.1, 0.15) is 0 Å². The lowest BCUT2D eigenvalue weighted by molar-refractivity contribution is 0.137. The van der Waals surface area contributed by atoms with Gasteiger partial charge in [0, 0.05) is 17.6 Å². The molecule has 0 amide bonds. The van der Waals surface area contributed by atoms with Gasteiger partial charge < -0.3 is 0 Å². The predicted octanol–water partition coefficient (Wildman–Crippen LogP) is 2.51. The molecule has 1 aromatic carbocycles. The Kier molecular flexibility index (Phi) is 3.07. The number of aromatic nitrogens is 4. The third-order valence-electron chi connectivity index (χ3n) is 4.84. The van der Waals surface area contributed by atoms with Crippen molar-refractivity contribution in [3.8, 4) is 11.4 Å². The van der Waals surface area contributed by atoms with Gasteiger partial charge in [0.15, 0.2) is 0 Å². The fourth-order valence-electron chi connectivity index (χ4n) is 3.68. The molecule has 1 saturated heterocycles. The third-order valence-corrected chi connectivity index (χ3v) is 4.84. The van der Waals surface area contributed by atoms with Crippen molar-refractivity contribution in [2.75, 3.05) is 7.05 Å². The van der Waals surface area contributed by atoms with Crippen molar-refractivity contribution >= 4 is 5.57 Å². The van der Waals surface area contributed by atoms with E-state index in [9.17, 15) is 0 Å². The van der Waals surface area contributed by atoms with E-state index >= 15 is 0 Å². The summed E-state index contributed by atoms with van der Waals surface area (Å²) in [5, 5.41) is 14.5. The monoisotopic (exact) mass is 281 g/mol. The SMILES string of the molecule is CN1C2C=C(c3ccccc3-c3nn[nH]n3)CC1CCC2. The minimum absolute atomic E-state index is 0.575. The van der Waals surface area contributed by atoms with E-state index in [4.69, 9.17) is 0 Å².